The van der Waals surface area contributed by atoms with Crippen molar-refractivity contribution < 1.29 is 9.18 Å². The second-order valence-electron chi connectivity index (χ2n) is 4.85. The third-order valence-electron chi connectivity index (χ3n) is 3.27. The summed E-state index contributed by atoms with van der Waals surface area (Å²) in [6.45, 7) is 0.189. The van der Waals surface area contributed by atoms with Crippen LogP contribution in [0.5, 0.6) is 0 Å². The molecule has 1 heterocycles. The van der Waals surface area contributed by atoms with Crippen LogP contribution in [0, 0.1) is 5.82 Å². The Labute approximate surface area is 126 Å². The number of benzene rings is 2. The fraction of sp³-hybridized carbons (Fsp3) is 0.0588. The number of nitrogens with zero attached hydrogens (tertiary/aromatic N) is 2. The lowest BCUT2D eigenvalue weighted by molar-refractivity contribution is -0.121. The summed E-state index contributed by atoms with van der Waals surface area (Å²) < 4.78 is 14.6. The van der Waals surface area contributed by atoms with Crippen molar-refractivity contribution in [2.24, 2.45) is 5.10 Å². The number of nitrogens with one attached hydrogen (secondary N) is 1. The minimum atomic E-state index is -0.305. The number of hydrazone groups is 1. The summed E-state index contributed by atoms with van der Waals surface area (Å²) in [5.41, 5.74) is 4.18. The van der Waals surface area contributed by atoms with Gasteiger partial charge in [0.05, 0.1) is 6.21 Å². The predicted octanol–water partition coefficient (Wildman–Crippen LogP) is 2.93. The van der Waals surface area contributed by atoms with Crippen molar-refractivity contribution in [2.45, 2.75) is 6.54 Å². The Balaban J connectivity index is 1.62. The van der Waals surface area contributed by atoms with Gasteiger partial charge in [-0.15, -0.1) is 0 Å². The number of hydrogen-bond acceptors (Lipinski definition) is 2. The van der Waals surface area contributed by atoms with Crippen LogP contribution in [-0.4, -0.2) is 16.7 Å². The molecule has 5 heteroatoms. The molecule has 0 spiro atoms. The van der Waals surface area contributed by atoms with E-state index in [1.807, 2.05) is 41.1 Å². The van der Waals surface area contributed by atoms with Crippen LogP contribution in [-0.2, 0) is 11.3 Å². The normalized spacial score (nSPS) is 11.1. The summed E-state index contributed by atoms with van der Waals surface area (Å²) in [5, 5.41) is 4.96. The van der Waals surface area contributed by atoms with Crippen molar-refractivity contribution in [3.8, 4) is 0 Å². The molecule has 0 unspecified atom stereocenters. The first-order valence-electron chi connectivity index (χ1n) is 6.84. The van der Waals surface area contributed by atoms with Crippen LogP contribution < -0.4 is 5.43 Å². The molecule has 110 valence electrons. The van der Waals surface area contributed by atoms with Gasteiger partial charge in [-0.1, -0.05) is 30.3 Å². The van der Waals surface area contributed by atoms with E-state index in [9.17, 15) is 9.18 Å². The third-order valence-corrected chi connectivity index (χ3v) is 3.27. The molecule has 0 saturated heterocycles. The SMILES string of the molecule is O=C(Cn1ccc2ccccc21)NN=Cc1ccc(F)cc1. The molecule has 3 aromatic rings. The molecule has 0 aliphatic rings. The van der Waals surface area contributed by atoms with E-state index in [1.165, 1.54) is 18.3 Å². The lowest BCUT2D eigenvalue weighted by Crippen LogP contribution is -2.22. The van der Waals surface area contributed by atoms with Crippen LogP contribution in [0.25, 0.3) is 10.9 Å². The fourth-order valence-electron chi connectivity index (χ4n) is 2.20. The number of hydrogen-bond donors (Lipinski definition) is 1. The molecule has 0 radical (unpaired) electrons. The van der Waals surface area contributed by atoms with Gasteiger partial charge in [0.15, 0.2) is 0 Å². The lowest BCUT2D eigenvalue weighted by Gasteiger charge is -2.03. The molecule has 0 atom stereocenters. The number of para-hydroxylation sites is 1. The zero-order valence-corrected chi connectivity index (χ0v) is 11.7. The van der Waals surface area contributed by atoms with Gasteiger partial charge < -0.3 is 4.57 Å². The van der Waals surface area contributed by atoms with E-state index >= 15 is 0 Å². The molecule has 0 bridgehead atoms. The number of carbonyl (C=O) groups is 1. The summed E-state index contributed by atoms with van der Waals surface area (Å²) in [5.74, 6) is -0.527. The van der Waals surface area contributed by atoms with Crippen molar-refractivity contribution in [1.82, 2.24) is 9.99 Å². The lowest BCUT2D eigenvalue weighted by atomic mass is 10.2. The Morgan fingerprint density at radius 3 is 2.73 bits per heavy atom. The number of amides is 1. The van der Waals surface area contributed by atoms with Gasteiger partial charge in [0, 0.05) is 11.7 Å². The Hall–Kier alpha value is -2.95. The molecule has 22 heavy (non-hydrogen) atoms. The standard InChI is InChI=1S/C17H14FN3O/c18-15-7-5-13(6-8-15)11-19-20-17(22)12-21-10-9-14-3-1-2-4-16(14)21/h1-11H,12H2,(H,20,22). The van der Waals surface area contributed by atoms with E-state index in [-0.39, 0.29) is 18.3 Å². The highest BCUT2D eigenvalue weighted by atomic mass is 19.1. The molecule has 1 aromatic heterocycles. The van der Waals surface area contributed by atoms with Crippen LogP contribution in [0.1, 0.15) is 5.56 Å². The van der Waals surface area contributed by atoms with Crippen molar-refractivity contribution in [3.05, 3.63) is 72.2 Å². The zero-order valence-electron chi connectivity index (χ0n) is 11.7. The van der Waals surface area contributed by atoms with Crippen LogP contribution in [0.3, 0.4) is 0 Å². The van der Waals surface area contributed by atoms with Gasteiger partial charge in [-0.3, -0.25) is 4.79 Å². The summed E-state index contributed by atoms with van der Waals surface area (Å²) >= 11 is 0. The fourth-order valence-corrected chi connectivity index (χ4v) is 2.20. The number of carbonyl (C=O) groups excluding carboxylic acids is 1. The molecule has 1 N–H and O–H groups in total. The molecule has 3 rings (SSSR count). The Morgan fingerprint density at radius 1 is 1.14 bits per heavy atom. The van der Waals surface area contributed by atoms with Crippen LogP contribution in [0.4, 0.5) is 4.39 Å². The Bertz CT molecular complexity index is 821. The van der Waals surface area contributed by atoms with Crippen LogP contribution >= 0.6 is 0 Å². The molecule has 2 aromatic carbocycles. The van der Waals surface area contributed by atoms with Crippen molar-refractivity contribution in [1.29, 1.82) is 0 Å². The monoisotopic (exact) mass is 295 g/mol. The first-order chi connectivity index (χ1) is 10.7. The van der Waals surface area contributed by atoms with Crippen LogP contribution in [0.15, 0.2) is 65.9 Å². The van der Waals surface area contributed by atoms with Gasteiger partial charge in [0.1, 0.15) is 12.4 Å². The summed E-state index contributed by atoms with van der Waals surface area (Å²) in [7, 11) is 0. The summed E-state index contributed by atoms with van der Waals surface area (Å²) in [4.78, 5) is 11.9. The first-order valence-corrected chi connectivity index (χ1v) is 6.84. The molecule has 0 aliphatic heterocycles. The highest BCUT2D eigenvalue weighted by Gasteiger charge is 2.04. The van der Waals surface area contributed by atoms with Crippen molar-refractivity contribution >= 4 is 23.0 Å². The van der Waals surface area contributed by atoms with E-state index < -0.39 is 0 Å². The van der Waals surface area contributed by atoms with E-state index in [0.717, 1.165) is 10.9 Å². The van der Waals surface area contributed by atoms with Gasteiger partial charge in [0.2, 0.25) is 0 Å². The topological polar surface area (TPSA) is 46.4 Å². The number of fused-ring (bicyclic) bond motifs is 1. The molecule has 4 nitrogen and oxygen atoms in total. The first kappa shape index (κ1) is 14.0. The number of halogens is 1. The van der Waals surface area contributed by atoms with Crippen molar-refractivity contribution in [3.63, 3.8) is 0 Å². The van der Waals surface area contributed by atoms with Crippen LogP contribution in [0.2, 0.25) is 0 Å². The smallest absolute Gasteiger partial charge is 0.259 e. The van der Waals surface area contributed by atoms with Gasteiger partial charge >= 0.3 is 0 Å². The van der Waals surface area contributed by atoms with E-state index in [2.05, 4.69) is 10.5 Å². The average Bonchev–Trinajstić information content (AvgIpc) is 2.93. The predicted molar refractivity (Wildman–Crippen MR) is 84.1 cm³/mol. The maximum atomic E-state index is 12.8. The number of rotatable bonds is 4. The van der Waals surface area contributed by atoms with Gasteiger partial charge in [-0.05, 0) is 35.2 Å². The van der Waals surface area contributed by atoms with E-state index in [4.69, 9.17) is 0 Å². The zero-order chi connectivity index (χ0) is 15.4. The maximum absolute atomic E-state index is 12.8. The quantitative estimate of drug-likeness (QED) is 0.584. The average molecular weight is 295 g/mol. The molecular formula is C17H14FN3O. The highest BCUT2D eigenvalue weighted by molar-refractivity contribution is 5.84. The molecule has 0 saturated carbocycles. The minimum absolute atomic E-state index is 0.189. The minimum Gasteiger partial charge on any atom is -0.338 e. The van der Waals surface area contributed by atoms with E-state index in [0.29, 0.717) is 5.56 Å². The van der Waals surface area contributed by atoms with Gasteiger partial charge in [-0.25, -0.2) is 9.82 Å². The van der Waals surface area contributed by atoms with E-state index in [1.54, 1.807) is 12.1 Å². The summed E-state index contributed by atoms with van der Waals surface area (Å²) in [6, 6.07) is 15.7. The molecule has 1 amide bonds. The maximum Gasteiger partial charge on any atom is 0.259 e. The summed E-state index contributed by atoms with van der Waals surface area (Å²) in [6.07, 6.45) is 3.35. The Morgan fingerprint density at radius 2 is 1.91 bits per heavy atom. The van der Waals surface area contributed by atoms with Gasteiger partial charge in [0.25, 0.3) is 5.91 Å². The van der Waals surface area contributed by atoms with Gasteiger partial charge in [-0.2, -0.15) is 5.10 Å². The number of aromatic nitrogens is 1. The molecule has 0 aliphatic carbocycles. The molecule has 0 fully saturated rings. The molecular weight excluding hydrogens is 281 g/mol. The Kier molecular flexibility index (Phi) is 3.96. The second-order valence-corrected chi connectivity index (χ2v) is 4.85. The largest absolute Gasteiger partial charge is 0.338 e. The highest BCUT2D eigenvalue weighted by Crippen LogP contribution is 2.14. The second kappa shape index (κ2) is 6.22. The van der Waals surface area contributed by atoms with Crippen molar-refractivity contribution in [2.75, 3.05) is 0 Å². The third kappa shape index (κ3) is 3.20.